The van der Waals surface area contributed by atoms with E-state index in [1.165, 1.54) is 12.1 Å². The molecule has 0 saturated carbocycles. The summed E-state index contributed by atoms with van der Waals surface area (Å²) in [6.45, 7) is 5.02. The summed E-state index contributed by atoms with van der Waals surface area (Å²) in [5, 5.41) is 12.5. The molecule has 7 nitrogen and oxygen atoms in total. The molecule has 0 spiro atoms. The molecule has 2 aromatic heterocycles. The third-order valence-electron chi connectivity index (χ3n) is 4.20. The van der Waals surface area contributed by atoms with E-state index in [1.807, 2.05) is 19.9 Å². The first-order valence-electron chi connectivity index (χ1n) is 8.82. The molecular formula is C19H22FN5O2. The van der Waals surface area contributed by atoms with Gasteiger partial charge >= 0.3 is 0 Å². The maximum Gasteiger partial charge on any atom is 0.265 e. The fourth-order valence-corrected chi connectivity index (χ4v) is 2.77. The Labute approximate surface area is 156 Å². The minimum Gasteiger partial charge on any atom is -0.419 e. The Hall–Kier alpha value is -3.03. The second-order valence-corrected chi connectivity index (χ2v) is 6.36. The zero-order valence-electron chi connectivity index (χ0n) is 15.6. The number of rotatable bonds is 7. The van der Waals surface area contributed by atoms with Crippen LogP contribution >= 0.6 is 0 Å². The summed E-state index contributed by atoms with van der Waals surface area (Å²) in [5.41, 5.74) is 2.52. The van der Waals surface area contributed by atoms with Crippen molar-refractivity contribution >= 4 is 5.91 Å². The molecule has 142 valence electrons. The van der Waals surface area contributed by atoms with Crippen LogP contribution in [0.25, 0.3) is 11.6 Å². The first kappa shape index (κ1) is 18.8. The van der Waals surface area contributed by atoms with Gasteiger partial charge in [-0.1, -0.05) is 12.1 Å². The average Bonchev–Trinajstić information content (AvgIpc) is 3.27. The standard InChI is InChI=1S/C19H22FN5O2/c1-4-25-16(11-13(2)23-25)19-22-21-17(27-19)9-10-18(26)24(3)12-14-5-7-15(20)8-6-14/h5-8,11H,4,9-10,12H2,1-3H3. The molecule has 0 bridgehead atoms. The summed E-state index contributed by atoms with van der Waals surface area (Å²) in [5.74, 6) is 0.475. The highest BCUT2D eigenvalue weighted by molar-refractivity contribution is 5.76. The lowest BCUT2D eigenvalue weighted by molar-refractivity contribution is -0.130. The number of aryl methyl sites for hydroxylation is 3. The van der Waals surface area contributed by atoms with Gasteiger partial charge in [-0.25, -0.2) is 4.39 Å². The lowest BCUT2D eigenvalue weighted by Gasteiger charge is -2.16. The van der Waals surface area contributed by atoms with E-state index in [0.717, 1.165) is 17.0 Å². The van der Waals surface area contributed by atoms with Crippen LogP contribution in [0, 0.1) is 12.7 Å². The van der Waals surface area contributed by atoms with Crippen LogP contribution in [0.3, 0.4) is 0 Å². The van der Waals surface area contributed by atoms with Crippen molar-refractivity contribution in [2.24, 2.45) is 0 Å². The van der Waals surface area contributed by atoms with Crippen molar-refractivity contribution in [3.63, 3.8) is 0 Å². The zero-order chi connectivity index (χ0) is 19.4. The summed E-state index contributed by atoms with van der Waals surface area (Å²) in [6, 6.07) is 8.00. The maximum absolute atomic E-state index is 13.0. The lowest BCUT2D eigenvalue weighted by Crippen LogP contribution is -2.26. The predicted octanol–water partition coefficient (Wildman–Crippen LogP) is 2.99. The van der Waals surface area contributed by atoms with Gasteiger partial charge in [0.1, 0.15) is 11.5 Å². The second kappa shape index (κ2) is 8.11. The predicted molar refractivity (Wildman–Crippen MR) is 97.1 cm³/mol. The molecule has 0 fully saturated rings. The first-order valence-corrected chi connectivity index (χ1v) is 8.82. The van der Waals surface area contributed by atoms with Gasteiger partial charge < -0.3 is 9.32 Å². The molecule has 1 aromatic carbocycles. The Morgan fingerprint density at radius 1 is 1.26 bits per heavy atom. The summed E-state index contributed by atoms with van der Waals surface area (Å²) < 4.78 is 20.4. The first-order chi connectivity index (χ1) is 13.0. The molecule has 0 atom stereocenters. The molecule has 1 amide bonds. The molecule has 2 heterocycles. The van der Waals surface area contributed by atoms with E-state index < -0.39 is 0 Å². The van der Waals surface area contributed by atoms with Crippen molar-refractivity contribution in [2.45, 2.75) is 39.8 Å². The smallest absolute Gasteiger partial charge is 0.265 e. The number of amides is 1. The quantitative estimate of drug-likeness (QED) is 0.638. The van der Waals surface area contributed by atoms with E-state index in [1.54, 1.807) is 28.8 Å². The minimum atomic E-state index is -0.292. The topological polar surface area (TPSA) is 77.1 Å². The van der Waals surface area contributed by atoms with Gasteiger partial charge in [0.25, 0.3) is 5.89 Å². The average molecular weight is 371 g/mol. The number of carbonyl (C=O) groups excluding carboxylic acids is 1. The molecule has 0 aliphatic rings. The number of hydrogen-bond donors (Lipinski definition) is 0. The van der Waals surface area contributed by atoms with E-state index in [0.29, 0.717) is 31.3 Å². The summed E-state index contributed by atoms with van der Waals surface area (Å²) in [7, 11) is 1.72. The van der Waals surface area contributed by atoms with Crippen molar-refractivity contribution in [3.05, 3.63) is 53.3 Å². The fraction of sp³-hybridized carbons (Fsp3) is 0.368. The van der Waals surface area contributed by atoms with Gasteiger partial charge in [-0.2, -0.15) is 5.10 Å². The zero-order valence-corrected chi connectivity index (χ0v) is 15.6. The Balaban J connectivity index is 1.57. The lowest BCUT2D eigenvalue weighted by atomic mass is 10.2. The third-order valence-corrected chi connectivity index (χ3v) is 4.20. The number of benzene rings is 1. The van der Waals surface area contributed by atoms with E-state index in [9.17, 15) is 9.18 Å². The van der Waals surface area contributed by atoms with Gasteiger partial charge in [0.15, 0.2) is 0 Å². The number of hydrogen-bond acceptors (Lipinski definition) is 5. The van der Waals surface area contributed by atoms with Crippen LogP contribution in [0.2, 0.25) is 0 Å². The van der Waals surface area contributed by atoms with Crippen LogP contribution < -0.4 is 0 Å². The van der Waals surface area contributed by atoms with Gasteiger partial charge in [0, 0.05) is 33.0 Å². The molecule has 0 N–H and O–H groups in total. The van der Waals surface area contributed by atoms with E-state index >= 15 is 0 Å². The van der Waals surface area contributed by atoms with E-state index in [4.69, 9.17) is 4.42 Å². The largest absolute Gasteiger partial charge is 0.419 e. The van der Waals surface area contributed by atoms with Crippen molar-refractivity contribution in [1.82, 2.24) is 24.9 Å². The molecule has 3 rings (SSSR count). The summed E-state index contributed by atoms with van der Waals surface area (Å²) >= 11 is 0. The molecule has 8 heteroatoms. The molecule has 27 heavy (non-hydrogen) atoms. The Morgan fingerprint density at radius 3 is 2.70 bits per heavy atom. The van der Waals surface area contributed by atoms with Gasteiger partial charge in [0.05, 0.1) is 5.69 Å². The summed E-state index contributed by atoms with van der Waals surface area (Å²) in [6.07, 6.45) is 0.615. The van der Waals surface area contributed by atoms with Crippen molar-refractivity contribution < 1.29 is 13.6 Å². The van der Waals surface area contributed by atoms with Crippen molar-refractivity contribution in [2.75, 3.05) is 7.05 Å². The van der Waals surface area contributed by atoms with Crippen LogP contribution in [0.4, 0.5) is 4.39 Å². The highest BCUT2D eigenvalue weighted by atomic mass is 19.1. The Bertz CT molecular complexity index is 917. The van der Waals surface area contributed by atoms with Gasteiger partial charge in [-0.15, -0.1) is 10.2 Å². The summed E-state index contributed by atoms with van der Waals surface area (Å²) in [4.78, 5) is 13.9. The van der Waals surface area contributed by atoms with Crippen LogP contribution in [0.1, 0.15) is 30.5 Å². The number of nitrogens with zero attached hydrogens (tertiary/aromatic N) is 5. The van der Waals surface area contributed by atoms with Crippen molar-refractivity contribution in [1.29, 1.82) is 0 Å². The molecule has 0 aliphatic heterocycles. The molecule has 0 aliphatic carbocycles. The number of halogens is 1. The number of carbonyl (C=O) groups is 1. The molecule has 0 radical (unpaired) electrons. The molecular weight excluding hydrogens is 349 g/mol. The normalized spacial score (nSPS) is 11.0. The monoisotopic (exact) mass is 371 g/mol. The number of aromatic nitrogens is 4. The van der Waals surface area contributed by atoms with Gasteiger partial charge in [-0.05, 0) is 37.6 Å². The van der Waals surface area contributed by atoms with Gasteiger partial charge in [0.2, 0.25) is 11.8 Å². The minimum absolute atomic E-state index is 0.0477. The SMILES string of the molecule is CCn1nc(C)cc1-c1nnc(CCC(=O)N(C)Cc2ccc(F)cc2)o1. The Morgan fingerprint density at radius 2 is 2.00 bits per heavy atom. The second-order valence-electron chi connectivity index (χ2n) is 6.36. The van der Waals surface area contributed by atoms with Crippen LogP contribution in [-0.4, -0.2) is 37.8 Å². The molecule has 3 aromatic rings. The van der Waals surface area contributed by atoms with Gasteiger partial charge in [-0.3, -0.25) is 9.48 Å². The highest BCUT2D eigenvalue weighted by Gasteiger charge is 2.16. The fourth-order valence-electron chi connectivity index (χ4n) is 2.77. The maximum atomic E-state index is 13.0. The van der Waals surface area contributed by atoms with Crippen molar-refractivity contribution in [3.8, 4) is 11.6 Å². The van der Waals surface area contributed by atoms with Crippen LogP contribution in [-0.2, 0) is 24.3 Å². The van der Waals surface area contributed by atoms with Crippen LogP contribution in [0.5, 0.6) is 0 Å². The molecule has 0 unspecified atom stereocenters. The van der Waals surface area contributed by atoms with E-state index in [-0.39, 0.29) is 18.1 Å². The molecule has 0 saturated heterocycles. The Kier molecular flexibility index (Phi) is 5.63. The highest BCUT2D eigenvalue weighted by Crippen LogP contribution is 2.20. The third kappa shape index (κ3) is 4.58. The van der Waals surface area contributed by atoms with E-state index in [2.05, 4.69) is 15.3 Å². The van der Waals surface area contributed by atoms with Crippen LogP contribution in [0.15, 0.2) is 34.7 Å².